The molecular weight excluding hydrogens is 360 g/mol. The van der Waals surface area contributed by atoms with E-state index in [2.05, 4.69) is 15.6 Å². The number of benzene rings is 2. The zero-order valence-electron chi connectivity index (χ0n) is 15.4. The first-order chi connectivity index (χ1) is 13.4. The van der Waals surface area contributed by atoms with Gasteiger partial charge >= 0.3 is 6.03 Å². The summed E-state index contributed by atoms with van der Waals surface area (Å²) in [5, 5.41) is 5.11. The van der Waals surface area contributed by atoms with E-state index in [1.54, 1.807) is 12.1 Å². The van der Waals surface area contributed by atoms with E-state index in [1.807, 2.05) is 38.1 Å². The Balaban J connectivity index is 1.51. The van der Waals surface area contributed by atoms with E-state index in [-0.39, 0.29) is 13.1 Å². The molecule has 2 aromatic carbocycles. The fourth-order valence-electron chi connectivity index (χ4n) is 3.05. The number of nitrogens with zero attached hydrogens (tertiary/aromatic N) is 2. The number of aryl methyl sites for hydroxylation is 2. The van der Waals surface area contributed by atoms with Crippen molar-refractivity contribution in [3.05, 3.63) is 47.5 Å². The van der Waals surface area contributed by atoms with Crippen molar-refractivity contribution in [1.82, 2.24) is 15.2 Å². The number of oxazole rings is 1. The third-order valence-corrected chi connectivity index (χ3v) is 4.53. The number of anilines is 1. The molecule has 2 heterocycles. The van der Waals surface area contributed by atoms with Gasteiger partial charge in [-0.1, -0.05) is 6.07 Å². The van der Waals surface area contributed by atoms with Crippen LogP contribution in [-0.2, 0) is 9.59 Å². The maximum Gasteiger partial charge on any atom is 0.325 e. The van der Waals surface area contributed by atoms with Gasteiger partial charge in [0.1, 0.15) is 12.1 Å². The van der Waals surface area contributed by atoms with Crippen LogP contribution < -0.4 is 10.6 Å². The monoisotopic (exact) mass is 378 g/mol. The van der Waals surface area contributed by atoms with E-state index >= 15 is 0 Å². The molecule has 1 aromatic heterocycles. The predicted molar refractivity (Wildman–Crippen MR) is 103 cm³/mol. The molecule has 0 spiro atoms. The summed E-state index contributed by atoms with van der Waals surface area (Å²) >= 11 is 0. The van der Waals surface area contributed by atoms with Crippen molar-refractivity contribution in [2.45, 2.75) is 13.8 Å². The fourth-order valence-corrected chi connectivity index (χ4v) is 3.05. The average molecular weight is 378 g/mol. The maximum absolute atomic E-state index is 12.2. The molecule has 8 nitrogen and oxygen atoms in total. The first-order valence-corrected chi connectivity index (χ1v) is 8.77. The van der Waals surface area contributed by atoms with Crippen molar-refractivity contribution in [3.8, 4) is 11.5 Å². The van der Waals surface area contributed by atoms with Crippen LogP contribution in [0.15, 0.2) is 40.8 Å². The highest BCUT2D eigenvalue weighted by molar-refractivity contribution is 6.06. The second-order valence-electron chi connectivity index (χ2n) is 6.71. The number of hydrogen-bond acceptors (Lipinski definition) is 5. The number of imide groups is 1. The lowest BCUT2D eigenvalue weighted by Gasteiger charge is -2.13. The van der Waals surface area contributed by atoms with Crippen LogP contribution in [-0.4, -0.2) is 40.8 Å². The van der Waals surface area contributed by atoms with Gasteiger partial charge in [0.2, 0.25) is 11.8 Å². The molecule has 4 amide bonds. The van der Waals surface area contributed by atoms with E-state index in [9.17, 15) is 14.4 Å². The fraction of sp³-hybridized carbons (Fsp3) is 0.200. The number of carbonyl (C=O) groups excluding carboxylic acids is 3. The molecule has 1 aliphatic heterocycles. The SMILES string of the molecule is Cc1ccc2oc(-c3ccc(NC(=O)CN4C(=O)CNC4=O)c(C)c3)nc2c1. The van der Waals surface area contributed by atoms with Crippen molar-refractivity contribution >= 4 is 34.6 Å². The van der Waals surface area contributed by atoms with Crippen LogP contribution in [0.2, 0.25) is 0 Å². The molecule has 0 unspecified atom stereocenters. The second-order valence-corrected chi connectivity index (χ2v) is 6.71. The third-order valence-electron chi connectivity index (χ3n) is 4.53. The van der Waals surface area contributed by atoms with Gasteiger partial charge in [0.05, 0.1) is 6.54 Å². The van der Waals surface area contributed by atoms with Crippen molar-refractivity contribution < 1.29 is 18.8 Å². The third kappa shape index (κ3) is 3.32. The van der Waals surface area contributed by atoms with Crippen LogP contribution in [0.5, 0.6) is 0 Å². The molecule has 0 atom stereocenters. The molecule has 2 N–H and O–H groups in total. The molecule has 4 rings (SSSR count). The Morgan fingerprint density at radius 2 is 2.04 bits per heavy atom. The number of urea groups is 1. The molecule has 1 fully saturated rings. The van der Waals surface area contributed by atoms with Crippen molar-refractivity contribution in [1.29, 1.82) is 0 Å². The summed E-state index contributed by atoms with van der Waals surface area (Å²) in [6.07, 6.45) is 0. The summed E-state index contributed by atoms with van der Waals surface area (Å²) in [7, 11) is 0. The van der Waals surface area contributed by atoms with Gasteiger partial charge < -0.3 is 15.1 Å². The summed E-state index contributed by atoms with van der Waals surface area (Å²) in [5.74, 6) is -0.363. The lowest BCUT2D eigenvalue weighted by Crippen LogP contribution is -2.38. The molecule has 0 saturated carbocycles. The molecular formula is C20H18N4O4. The summed E-state index contributed by atoms with van der Waals surface area (Å²) in [5.41, 5.74) is 4.79. The molecule has 0 radical (unpaired) electrons. The van der Waals surface area contributed by atoms with Gasteiger partial charge in [0.25, 0.3) is 5.91 Å². The minimum absolute atomic E-state index is 0.0795. The summed E-state index contributed by atoms with van der Waals surface area (Å²) < 4.78 is 5.81. The molecule has 0 aliphatic carbocycles. The Hall–Kier alpha value is -3.68. The van der Waals surface area contributed by atoms with E-state index < -0.39 is 17.8 Å². The minimum Gasteiger partial charge on any atom is -0.436 e. The topological polar surface area (TPSA) is 105 Å². The number of hydrogen-bond donors (Lipinski definition) is 2. The highest BCUT2D eigenvalue weighted by Gasteiger charge is 2.30. The molecule has 28 heavy (non-hydrogen) atoms. The number of aromatic nitrogens is 1. The second kappa shape index (κ2) is 6.80. The lowest BCUT2D eigenvalue weighted by molar-refractivity contribution is -0.128. The Morgan fingerprint density at radius 1 is 1.21 bits per heavy atom. The van der Waals surface area contributed by atoms with E-state index in [0.717, 1.165) is 27.1 Å². The molecule has 3 aromatic rings. The van der Waals surface area contributed by atoms with E-state index in [0.29, 0.717) is 17.2 Å². The molecule has 0 bridgehead atoms. The zero-order chi connectivity index (χ0) is 19.8. The van der Waals surface area contributed by atoms with Crippen molar-refractivity contribution in [2.75, 3.05) is 18.4 Å². The Kier molecular flexibility index (Phi) is 4.31. The number of nitrogens with one attached hydrogen (secondary N) is 2. The van der Waals surface area contributed by atoms with Crippen molar-refractivity contribution in [3.63, 3.8) is 0 Å². The van der Waals surface area contributed by atoms with Crippen LogP contribution in [0.1, 0.15) is 11.1 Å². The molecule has 8 heteroatoms. The molecule has 142 valence electrons. The maximum atomic E-state index is 12.2. The van der Waals surface area contributed by atoms with Crippen LogP contribution in [0.3, 0.4) is 0 Å². The van der Waals surface area contributed by atoms with Crippen LogP contribution in [0.25, 0.3) is 22.6 Å². The van der Waals surface area contributed by atoms with Gasteiger partial charge in [-0.25, -0.2) is 9.78 Å². The Morgan fingerprint density at radius 3 is 2.75 bits per heavy atom. The normalized spacial score (nSPS) is 13.9. The highest BCUT2D eigenvalue weighted by Crippen LogP contribution is 2.28. The van der Waals surface area contributed by atoms with Crippen LogP contribution in [0, 0.1) is 13.8 Å². The molecule has 1 saturated heterocycles. The number of fused-ring (bicyclic) bond motifs is 1. The summed E-state index contributed by atoms with van der Waals surface area (Å²) in [6, 6.07) is 10.7. The van der Waals surface area contributed by atoms with Gasteiger partial charge in [0, 0.05) is 11.3 Å². The Labute approximate surface area is 160 Å². The molecule has 1 aliphatic rings. The standard InChI is InChI=1S/C20H18N4O4/c1-11-3-6-16-15(7-11)23-19(28-16)13-4-5-14(12(2)8-13)22-17(25)10-24-18(26)9-21-20(24)27/h3-8H,9-10H2,1-2H3,(H,21,27)(H,22,25). The average Bonchev–Trinajstić information content (AvgIpc) is 3.21. The number of carbonyl (C=O) groups is 3. The smallest absolute Gasteiger partial charge is 0.325 e. The summed E-state index contributed by atoms with van der Waals surface area (Å²) in [4.78, 5) is 40.7. The van der Waals surface area contributed by atoms with Gasteiger partial charge in [0.15, 0.2) is 5.58 Å². The highest BCUT2D eigenvalue weighted by atomic mass is 16.3. The van der Waals surface area contributed by atoms with Crippen LogP contribution >= 0.6 is 0 Å². The van der Waals surface area contributed by atoms with Gasteiger partial charge in [-0.2, -0.15) is 0 Å². The quantitative estimate of drug-likeness (QED) is 0.679. The van der Waals surface area contributed by atoms with Crippen LogP contribution in [0.4, 0.5) is 10.5 Å². The zero-order valence-corrected chi connectivity index (χ0v) is 15.4. The van der Waals surface area contributed by atoms with Gasteiger partial charge in [-0.3, -0.25) is 14.5 Å². The Bertz CT molecular complexity index is 1100. The summed E-state index contributed by atoms with van der Waals surface area (Å²) in [6.45, 7) is 3.44. The van der Waals surface area contributed by atoms with E-state index in [4.69, 9.17) is 4.42 Å². The van der Waals surface area contributed by atoms with Crippen molar-refractivity contribution in [2.24, 2.45) is 0 Å². The largest absolute Gasteiger partial charge is 0.436 e. The van der Waals surface area contributed by atoms with E-state index in [1.165, 1.54) is 0 Å². The first kappa shape index (κ1) is 17.7. The first-order valence-electron chi connectivity index (χ1n) is 8.77. The van der Waals surface area contributed by atoms with Gasteiger partial charge in [-0.15, -0.1) is 0 Å². The number of amides is 4. The minimum atomic E-state index is -0.557. The van der Waals surface area contributed by atoms with Gasteiger partial charge in [-0.05, 0) is 55.3 Å². The number of rotatable bonds is 4. The lowest BCUT2D eigenvalue weighted by atomic mass is 10.1. The predicted octanol–water partition coefficient (Wildman–Crippen LogP) is 2.60.